The van der Waals surface area contributed by atoms with Crippen molar-refractivity contribution in [3.63, 3.8) is 0 Å². The van der Waals surface area contributed by atoms with Crippen LogP contribution in [0.1, 0.15) is 56.5 Å². The average molecular weight is 305 g/mol. The highest BCUT2D eigenvalue weighted by Crippen LogP contribution is 2.35. The van der Waals surface area contributed by atoms with Crippen molar-refractivity contribution in [2.45, 2.75) is 58.4 Å². The number of alkyl halides is 1. The van der Waals surface area contributed by atoms with Gasteiger partial charge in [0.05, 0.1) is 11.0 Å². The lowest BCUT2D eigenvalue weighted by molar-refractivity contribution is 0.264. The molecule has 21 heavy (non-hydrogen) atoms. The number of hydrogen-bond donors (Lipinski definition) is 0. The Morgan fingerprint density at radius 3 is 2.76 bits per heavy atom. The number of hydrogen-bond acceptors (Lipinski definition) is 1. The summed E-state index contributed by atoms with van der Waals surface area (Å²) in [4.78, 5) is 4.84. The fourth-order valence-electron chi connectivity index (χ4n) is 3.80. The summed E-state index contributed by atoms with van der Waals surface area (Å²) in [6.07, 6.45) is 7.73. The Kier molecular flexibility index (Phi) is 4.54. The van der Waals surface area contributed by atoms with Gasteiger partial charge in [0.25, 0.3) is 0 Å². The maximum atomic E-state index is 6.00. The first-order valence-electron chi connectivity index (χ1n) is 8.24. The summed E-state index contributed by atoms with van der Waals surface area (Å²) >= 11 is 6.00. The zero-order valence-electron chi connectivity index (χ0n) is 13.1. The van der Waals surface area contributed by atoms with Crippen molar-refractivity contribution in [3.8, 4) is 0 Å². The van der Waals surface area contributed by atoms with Crippen molar-refractivity contribution in [1.29, 1.82) is 0 Å². The van der Waals surface area contributed by atoms with Crippen LogP contribution in [0.4, 0.5) is 0 Å². The van der Waals surface area contributed by atoms with Crippen molar-refractivity contribution in [3.05, 3.63) is 29.6 Å². The molecule has 1 unspecified atom stereocenters. The van der Waals surface area contributed by atoms with Crippen LogP contribution in [0.15, 0.2) is 18.2 Å². The average Bonchev–Trinajstić information content (AvgIpc) is 2.85. The van der Waals surface area contributed by atoms with Gasteiger partial charge >= 0.3 is 0 Å². The molecule has 0 amide bonds. The quantitative estimate of drug-likeness (QED) is 0.704. The molecule has 1 heterocycles. The molecule has 3 rings (SSSR count). The van der Waals surface area contributed by atoms with Crippen LogP contribution >= 0.6 is 11.6 Å². The van der Waals surface area contributed by atoms with Gasteiger partial charge in [-0.3, -0.25) is 0 Å². The highest BCUT2D eigenvalue weighted by atomic mass is 35.5. The number of fused-ring (bicyclic) bond motifs is 1. The molecule has 0 bridgehead atoms. The number of aromatic nitrogens is 2. The third kappa shape index (κ3) is 2.96. The molecule has 0 aliphatic heterocycles. The Morgan fingerprint density at radius 2 is 2.05 bits per heavy atom. The maximum absolute atomic E-state index is 6.00. The van der Waals surface area contributed by atoms with Crippen LogP contribution in [0.2, 0.25) is 0 Å². The first-order chi connectivity index (χ1) is 10.2. The van der Waals surface area contributed by atoms with E-state index in [2.05, 4.69) is 36.6 Å². The molecular weight excluding hydrogens is 280 g/mol. The second-order valence-electron chi connectivity index (χ2n) is 6.47. The number of halogens is 1. The molecule has 2 nitrogen and oxygen atoms in total. The van der Waals surface area contributed by atoms with E-state index in [4.69, 9.17) is 16.6 Å². The van der Waals surface area contributed by atoms with Crippen LogP contribution in [0.5, 0.6) is 0 Å². The van der Waals surface area contributed by atoms with Gasteiger partial charge in [-0.2, -0.15) is 0 Å². The second kappa shape index (κ2) is 6.39. The van der Waals surface area contributed by atoms with Crippen LogP contribution in [0.3, 0.4) is 0 Å². The fraction of sp³-hybridized carbons (Fsp3) is 0.611. The van der Waals surface area contributed by atoms with E-state index in [-0.39, 0.29) is 0 Å². The molecule has 2 aromatic rings. The molecule has 1 fully saturated rings. The summed E-state index contributed by atoms with van der Waals surface area (Å²) < 4.78 is 2.47. The summed E-state index contributed by atoms with van der Waals surface area (Å²) in [6, 6.07) is 7.09. The third-order valence-corrected chi connectivity index (χ3v) is 5.16. The first-order valence-corrected chi connectivity index (χ1v) is 8.77. The van der Waals surface area contributed by atoms with E-state index in [1.54, 1.807) is 0 Å². The van der Waals surface area contributed by atoms with Gasteiger partial charge in [0.15, 0.2) is 0 Å². The minimum Gasteiger partial charge on any atom is -0.325 e. The Labute approximate surface area is 132 Å². The summed E-state index contributed by atoms with van der Waals surface area (Å²) in [5.74, 6) is 2.58. The molecule has 1 aliphatic carbocycles. The molecular formula is C18H25ClN2. The minimum absolute atomic E-state index is 0.523. The zero-order chi connectivity index (χ0) is 14.8. The molecule has 0 N–H and O–H groups in total. The van der Waals surface area contributed by atoms with E-state index < -0.39 is 0 Å². The minimum atomic E-state index is 0.523. The second-order valence-corrected chi connectivity index (χ2v) is 6.85. The van der Waals surface area contributed by atoms with E-state index >= 15 is 0 Å². The van der Waals surface area contributed by atoms with E-state index in [1.165, 1.54) is 43.2 Å². The maximum Gasteiger partial charge on any atom is 0.111 e. The molecule has 0 saturated heterocycles. The highest BCUT2D eigenvalue weighted by Gasteiger charge is 2.24. The molecule has 1 aromatic heterocycles. The predicted molar refractivity (Wildman–Crippen MR) is 90.2 cm³/mol. The van der Waals surface area contributed by atoms with Crippen LogP contribution in [0.25, 0.3) is 11.0 Å². The normalized spacial score (nSPS) is 18.2. The van der Waals surface area contributed by atoms with E-state index in [1.807, 2.05) is 0 Å². The summed E-state index contributed by atoms with van der Waals surface area (Å²) in [5.41, 5.74) is 3.70. The summed E-state index contributed by atoms with van der Waals surface area (Å²) in [7, 11) is 0. The zero-order valence-corrected chi connectivity index (χ0v) is 13.9. The Morgan fingerprint density at radius 1 is 1.29 bits per heavy atom. The Hall–Kier alpha value is -1.02. The van der Waals surface area contributed by atoms with Crippen LogP contribution in [-0.4, -0.2) is 15.4 Å². The van der Waals surface area contributed by atoms with Gasteiger partial charge in [-0.25, -0.2) is 4.98 Å². The van der Waals surface area contributed by atoms with Crippen molar-refractivity contribution in [2.75, 3.05) is 5.88 Å². The van der Waals surface area contributed by atoms with Gasteiger partial charge in [-0.15, -0.1) is 11.6 Å². The lowest BCUT2D eigenvalue weighted by atomic mass is 9.84. The van der Waals surface area contributed by atoms with Crippen molar-refractivity contribution in [2.24, 2.45) is 5.92 Å². The van der Waals surface area contributed by atoms with Gasteiger partial charge in [-0.1, -0.05) is 25.3 Å². The first kappa shape index (κ1) is 14.9. The van der Waals surface area contributed by atoms with E-state index in [9.17, 15) is 0 Å². The molecule has 1 saturated carbocycles. The van der Waals surface area contributed by atoms with Crippen molar-refractivity contribution < 1.29 is 0 Å². The van der Waals surface area contributed by atoms with Gasteiger partial charge in [0, 0.05) is 18.3 Å². The fourth-order valence-corrected chi connectivity index (χ4v) is 3.96. The standard InChI is InChI=1S/C18H25ClN2/c1-13-8-9-16-17(12-13)21(18(20-16)10-11-19)14(2)15-6-4-3-5-7-15/h8-9,12,14-15H,3-7,10-11H2,1-2H3. The topological polar surface area (TPSA) is 17.8 Å². The summed E-state index contributed by atoms with van der Waals surface area (Å²) in [6.45, 7) is 4.53. The Balaban J connectivity index is 2.04. The number of nitrogens with zero attached hydrogens (tertiary/aromatic N) is 2. The van der Waals surface area contributed by atoms with Crippen LogP contribution in [0, 0.1) is 12.8 Å². The van der Waals surface area contributed by atoms with Gasteiger partial charge in [-0.05, 0) is 50.3 Å². The van der Waals surface area contributed by atoms with Gasteiger partial charge in [0.2, 0.25) is 0 Å². The molecule has 1 aromatic carbocycles. The number of imidazole rings is 1. The Bertz CT molecular complexity index is 611. The van der Waals surface area contributed by atoms with Crippen molar-refractivity contribution in [1.82, 2.24) is 9.55 Å². The van der Waals surface area contributed by atoms with E-state index in [0.717, 1.165) is 23.7 Å². The van der Waals surface area contributed by atoms with E-state index in [0.29, 0.717) is 11.9 Å². The lowest BCUT2D eigenvalue weighted by Gasteiger charge is -2.30. The molecule has 1 aliphatic rings. The molecule has 114 valence electrons. The largest absolute Gasteiger partial charge is 0.325 e. The molecule has 1 atom stereocenters. The monoisotopic (exact) mass is 304 g/mol. The smallest absolute Gasteiger partial charge is 0.111 e. The number of aryl methyl sites for hydroxylation is 2. The van der Waals surface area contributed by atoms with Gasteiger partial charge < -0.3 is 4.57 Å². The summed E-state index contributed by atoms with van der Waals surface area (Å²) in [5, 5.41) is 0. The predicted octanol–water partition coefficient (Wildman–Crippen LogP) is 5.27. The third-order valence-electron chi connectivity index (χ3n) is 4.98. The molecule has 0 radical (unpaired) electrons. The van der Waals surface area contributed by atoms with Crippen LogP contribution < -0.4 is 0 Å². The number of benzene rings is 1. The SMILES string of the molecule is Cc1ccc2nc(CCCl)n(C(C)C3CCCCC3)c2c1. The number of rotatable bonds is 4. The lowest BCUT2D eigenvalue weighted by Crippen LogP contribution is -2.21. The van der Waals surface area contributed by atoms with Gasteiger partial charge in [0.1, 0.15) is 5.82 Å². The molecule has 0 spiro atoms. The molecule has 3 heteroatoms. The van der Waals surface area contributed by atoms with Crippen molar-refractivity contribution >= 4 is 22.6 Å². The van der Waals surface area contributed by atoms with Crippen LogP contribution in [-0.2, 0) is 6.42 Å². The highest BCUT2D eigenvalue weighted by molar-refractivity contribution is 6.17.